The van der Waals surface area contributed by atoms with E-state index in [9.17, 15) is 9.90 Å². The third-order valence-corrected chi connectivity index (χ3v) is 9.54. The van der Waals surface area contributed by atoms with Gasteiger partial charge in [0.15, 0.2) is 11.5 Å². The summed E-state index contributed by atoms with van der Waals surface area (Å²) in [4.78, 5) is 18.5. The number of likely N-dealkylation sites (tertiary alicyclic amines) is 1. The Hall–Kier alpha value is -3.25. The fourth-order valence-corrected chi connectivity index (χ4v) is 8.12. The summed E-state index contributed by atoms with van der Waals surface area (Å²) in [6, 6.07) is 11.9. The molecule has 1 N–H and O–H groups in total. The number of ether oxygens (including phenoxy) is 2. The number of hydrogen-bond acceptors (Lipinski definition) is 5. The molecule has 6 rings (SSSR count). The van der Waals surface area contributed by atoms with Crippen LogP contribution in [0.4, 0.5) is 0 Å². The number of aromatic hydroxyl groups is 1. The monoisotopic (exact) mass is 528 g/mol. The van der Waals surface area contributed by atoms with Crippen molar-refractivity contribution in [2.45, 2.75) is 63.1 Å². The van der Waals surface area contributed by atoms with Crippen molar-refractivity contribution in [3.05, 3.63) is 71.8 Å². The van der Waals surface area contributed by atoms with Crippen LogP contribution < -0.4 is 9.47 Å². The summed E-state index contributed by atoms with van der Waals surface area (Å²) < 4.78 is 12.7. The molecule has 6 nitrogen and oxygen atoms in total. The number of hydrogen-bond donors (Lipinski definition) is 1. The van der Waals surface area contributed by atoms with Crippen LogP contribution in [-0.4, -0.2) is 65.7 Å². The van der Waals surface area contributed by atoms with Crippen molar-refractivity contribution < 1.29 is 19.4 Å². The molecule has 2 aliphatic heterocycles. The highest BCUT2D eigenvalue weighted by Crippen LogP contribution is 2.65. The van der Waals surface area contributed by atoms with Gasteiger partial charge in [0.1, 0.15) is 11.9 Å². The minimum atomic E-state index is -0.251. The van der Waals surface area contributed by atoms with Crippen LogP contribution in [0.15, 0.2) is 55.1 Å². The lowest BCUT2D eigenvalue weighted by molar-refractivity contribution is -0.138. The fraction of sp³-hybridized carbons (Fsp3) is 0.485. The van der Waals surface area contributed by atoms with Gasteiger partial charge in [-0.15, -0.1) is 6.58 Å². The zero-order valence-corrected chi connectivity index (χ0v) is 23.3. The van der Waals surface area contributed by atoms with E-state index < -0.39 is 0 Å². The molecule has 4 aliphatic rings. The van der Waals surface area contributed by atoms with Crippen molar-refractivity contribution in [3.63, 3.8) is 0 Å². The number of phenols is 1. The Kier molecular flexibility index (Phi) is 6.70. The number of carbonyl (C=O) groups excluding carboxylic acids is 1. The molecule has 206 valence electrons. The maximum atomic E-state index is 13.9. The van der Waals surface area contributed by atoms with Gasteiger partial charge in [-0.3, -0.25) is 9.69 Å². The van der Waals surface area contributed by atoms with Crippen LogP contribution in [0.25, 0.3) is 6.08 Å². The zero-order valence-electron chi connectivity index (χ0n) is 23.3. The molecule has 1 amide bonds. The van der Waals surface area contributed by atoms with E-state index in [1.807, 2.05) is 42.5 Å². The second-order valence-electron chi connectivity index (χ2n) is 12.0. The van der Waals surface area contributed by atoms with Crippen LogP contribution in [0, 0.1) is 11.8 Å². The SMILES string of the molecule is C=CCN1CC[C@]23c4c5c(O)cc(OC)c4O[C@H]2[C@@H](N(CC(C)C)C(=O)C=Cc2ccccc2)CC[C@H]3[C@H]1C5. The standard InChI is InChI=1S/C33H40N2O4/c1-5-16-34-17-15-33-24-12-13-25(35(20-21(2)3)29(37)14-11-22-9-7-6-8-10-22)32(33)39-31-28(38-4)19-27(36)23(30(31)33)18-26(24)34/h5-11,14,19,21,24-26,32,36H,1,12-13,15-18,20H2,2-4H3/t24-,25-,26+,32-,33-/m0/s1. The minimum absolute atomic E-state index is 0.0263. The lowest BCUT2D eigenvalue weighted by Gasteiger charge is -2.60. The van der Waals surface area contributed by atoms with E-state index in [0.717, 1.165) is 61.2 Å². The van der Waals surface area contributed by atoms with Gasteiger partial charge in [0.2, 0.25) is 5.91 Å². The molecule has 1 spiro atoms. The predicted octanol–water partition coefficient (Wildman–Crippen LogP) is 5.19. The minimum Gasteiger partial charge on any atom is -0.508 e. The number of carbonyl (C=O) groups is 1. The van der Waals surface area contributed by atoms with E-state index in [4.69, 9.17) is 9.47 Å². The molecule has 1 saturated carbocycles. The normalized spacial score (nSPS) is 28.7. The molecule has 1 saturated heterocycles. The van der Waals surface area contributed by atoms with Crippen molar-refractivity contribution in [2.24, 2.45) is 11.8 Å². The maximum absolute atomic E-state index is 13.9. The predicted molar refractivity (Wildman–Crippen MR) is 153 cm³/mol. The second kappa shape index (κ2) is 10.1. The van der Waals surface area contributed by atoms with E-state index in [-0.39, 0.29) is 23.5 Å². The number of amides is 1. The number of rotatable bonds is 8. The van der Waals surface area contributed by atoms with Gasteiger partial charge in [-0.05, 0) is 55.7 Å². The van der Waals surface area contributed by atoms with Gasteiger partial charge in [0.05, 0.1) is 13.2 Å². The van der Waals surface area contributed by atoms with Crippen LogP contribution in [0.2, 0.25) is 0 Å². The molecule has 0 aromatic heterocycles. The molecule has 5 atom stereocenters. The van der Waals surface area contributed by atoms with E-state index in [2.05, 4.69) is 30.2 Å². The smallest absolute Gasteiger partial charge is 0.246 e. The first kappa shape index (κ1) is 26.0. The Labute approximate surface area is 231 Å². The summed E-state index contributed by atoms with van der Waals surface area (Å²) in [5, 5.41) is 11.2. The summed E-state index contributed by atoms with van der Waals surface area (Å²) in [5.41, 5.74) is 2.90. The summed E-state index contributed by atoms with van der Waals surface area (Å²) >= 11 is 0. The number of piperidine rings is 1. The van der Waals surface area contributed by atoms with Crippen molar-refractivity contribution in [2.75, 3.05) is 26.7 Å². The molecule has 2 aromatic rings. The van der Waals surface area contributed by atoms with Gasteiger partial charge in [-0.1, -0.05) is 50.3 Å². The zero-order chi connectivity index (χ0) is 27.3. The van der Waals surface area contributed by atoms with Crippen molar-refractivity contribution >= 4 is 12.0 Å². The lowest BCUT2D eigenvalue weighted by atomic mass is 9.50. The molecule has 2 heterocycles. The highest BCUT2D eigenvalue weighted by Gasteiger charge is 2.67. The Morgan fingerprint density at radius 3 is 2.82 bits per heavy atom. The van der Waals surface area contributed by atoms with Crippen molar-refractivity contribution in [1.82, 2.24) is 9.80 Å². The van der Waals surface area contributed by atoms with Crippen LogP contribution in [0.5, 0.6) is 17.2 Å². The highest BCUT2D eigenvalue weighted by molar-refractivity contribution is 5.92. The van der Waals surface area contributed by atoms with Crippen LogP contribution in [0.1, 0.15) is 49.8 Å². The molecule has 2 aliphatic carbocycles. The number of benzene rings is 2. The molecule has 39 heavy (non-hydrogen) atoms. The molecule has 0 radical (unpaired) electrons. The number of phenolic OH excluding ortho intramolecular Hbond substituents is 1. The van der Waals surface area contributed by atoms with E-state index in [1.165, 1.54) is 0 Å². The average Bonchev–Trinajstić information content (AvgIpc) is 3.27. The number of nitrogens with zero attached hydrogens (tertiary/aromatic N) is 2. The van der Waals surface area contributed by atoms with E-state index in [1.54, 1.807) is 19.3 Å². The van der Waals surface area contributed by atoms with Crippen molar-refractivity contribution in [3.8, 4) is 17.2 Å². The summed E-state index contributed by atoms with van der Waals surface area (Å²) in [7, 11) is 1.64. The molecule has 6 heteroatoms. The molecule has 2 fully saturated rings. The quantitative estimate of drug-likeness (QED) is 0.377. The first-order valence-electron chi connectivity index (χ1n) is 14.4. The Balaban J connectivity index is 1.43. The van der Waals surface area contributed by atoms with Crippen LogP contribution in [0.3, 0.4) is 0 Å². The molecular formula is C33H40N2O4. The molecule has 0 unspecified atom stereocenters. The summed E-state index contributed by atoms with van der Waals surface area (Å²) in [6.07, 6.45) is 9.08. The first-order chi connectivity index (χ1) is 18.9. The van der Waals surface area contributed by atoms with Gasteiger partial charge < -0.3 is 19.5 Å². The molecular weight excluding hydrogens is 488 g/mol. The summed E-state index contributed by atoms with van der Waals surface area (Å²) in [5.74, 6) is 2.40. The fourth-order valence-electron chi connectivity index (χ4n) is 8.12. The third kappa shape index (κ3) is 4.07. The third-order valence-electron chi connectivity index (χ3n) is 9.54. The molecule has 2 aromatic carbocycles. The summed E-state index contributed by atoms with van der Waals surface area (Å²) in [6.45, 7) is 10.8. The van der Waals surface area contributed by atoms with Gasteiger partial charge in [-0.2, -0.15) is 0 Å². The van der Waals surface area contributed by atoms with Gasteiger partial charge in [0, 0.05) is 47.8 Å². The van der Waals surface area contributed by atoms with Crippen molar-refractivity contribution in [1.29, 1.82) is 0 Å². The van der Waals surface area contributed by atoms with Crippen LogP contribution in [-0.2, 0) is 16.6 Å². The largest absolute Gasteiger partial charge is 0.508 e. The van der Waals surface area contributed by atoms with E-state index in [0.29, 0.717) is 35.9 Å². The van der Waals surface area contributed by atoms with Crippen LogP contribution >= 0.6 is 0 Å². The Morgan fingerprint density at radius 2 is 2.10 bits per heavy atom. The Morgan fingerprint density at radius 1 is 1.31 bits per heavy atom. The topological polar surface area (TPSA) is 62.2 Å². The lowest BCUT2D eigenvalue weighted by Crippen LogP contribution is -2.69. The second-order valence-corrected chi connectivity index (χ2v) is 12.0. The first-order valence-corrected chi connectivity index (χ1v) is 14.4. The van der Waals surface area contributed by atoms with Gasteiger partial charge >= 0.3 is 0 Å². The molecule has 2 bridgehead atoms. The van der Waals surface area contributed by atoms with E-state index >= 15 is 0 Å². The van der Waals surface area contributed by atoms with Gasteiger partial charge in [0.25, 0.3) is 0 Å². The maximum Gasteiger partial charge on any atom is 0.246 e. The van der Waals surface area contributed by atoms with Gasteiger partial charge in [-0.25, -0.2) is 0 Å². The number of methoxy groups -OCH3 is 1. The Bertz CT molecular complexity index is 1290. The highest BCUT2D eigenvalue weighted by atomic mass is 16.5. The average molecular weight is 529 g/mol.